The normalized spacial score (nSPS) is 11.6. The Morgan fingerprint density at radius 3 is 2.17 bits per heavy atom. The van der Waals surface area contributed by atoms with Crippen LogP contribution in [0.15, 0.2) is 66.8 Å². The highest BCUT2D eigenvalue weighted by atomic mass is 32.2. The molecule has 0 spiro atoms. The Labute approximate surface area is 244 Å². The van der Waals surface area contributed by atoms with Crippen molar-refractivity contribution in [3.63, 3.8) is 0 Å². The number of carbonyl (C=O) groups excluding carboxylic acids is 4. The number of carbonyl (C=O) groups is 4. The maximum Gasteiger partial charge on any atom is 0.343 e. The van der Waals surface area contributed by atoms with Gasteiger partial charge in [0.2, 0.25) is 0 Å². The van der Waals surface area contributed by atoms with E-state index in [-0.39, 0.29) is 37.1 Å². The van der Waals surface area contributed by atoms with Crippen molar-refractivity contribution in [1.82, 2.24) is 4.90 Å². The van der Waals surface area contributed by atoms with Crippen molar-refractivity contribution in [3.05, 3.63) is 83.4 Å². The Balaban J connectivity index is 2.16. The summed E-state index contributed by atoms with van der Waals surface area (Å²) >= 11 is 1.18. The molecule has 3 N–H and O–H groups in total. The van der Waals surface area contributed by atoms with E-state index in [1.807, 2.05) is 0 Å². The first-order chi connectivity index (χ1) is 19.6. The Morgan fingerprint density at radius 2 is 1.61 bits per heavy atom. The van der Waals surface area contributed by atoms with Crippen molar-refractivity contribution in [1.29, 1.82) is 5.41 Å². The molecule has 10 nitrogen and oxygen atoms in total. The summed E-state index contributed by atoms with van der Waals surface area (Å²) in [5.74, 6) is -1.56. The van der Waals surface area contributed by atoms with Crippen molar-refractivity contribution in [2.24, 2.45) is 5.73 Å². The molecule has 0 aliphatic rings. The fourth-order valence-electron chi connectivity index (χ4n) is 3.59. The van der Waals surface area contributed by atoms with Gasteiger partial charge in [0.05, 0.1) is 24.5 Å². The summed E-state index contributed by atoms with van der Waals surface area (Å²) in [4.78, 5) is 51.9. The minimum absolute atomic E-state index is 0.0349. The summed E-state index contributed by atoms with van der Waals surface area (Å²) in [6.07, 6.45) is 3.16. The largest absolute Gasteiger partial charge is 0.465 e. The lowest BCUT2D eigenvalue weighted by molar-refractivity contribution is -0.152. The SMILES string of the molecule is C=CCN(C(=O)/C(C)=C/c1ccc(C(=O)Oc2ccc(C(=N)N)cc2)cc1)[C@@H](CSCC(=O)OCC)C(=O)OCC. The van der Waals surface area contributed by atoms with E-state index in [4.69, 9.17) is 25.4 Å². The number of benzene rings is 2. The molecule has 1 amide bonds. The van der Waals surface area contributed by atoms with E-state index in [2.05, 4.69) is 6.58 Å². The lowest BCUT2D eigenvalue weighted by Gasteiger charge is -2.29. The summed E-state index contributed by atoms with van der Waals surface area (Å²) in [7, 11) is 0. The molecule has 41 heavy (non-hydrogen) atoms. The topological polar surface area (TPSA) is 149 Å². The molecule has 0 aliphatic carbocycles. The molecular weight excluding hydrogens is 546 g/mol. The number of nitrogens with two attached hydrogens (primary N) is 1. The molecule has 11 heteroatoms. The van der Waals surface area contributed by atoms with E-state index in [9.17, 15) is 19.2 Å². The van der Waals surface area contributed by atoms with Gasteiger partial charge in [-0.25, -0.2) is 9.59 Å². The van der Waals surface area contributed by atoms with Gasteiger partial charge in [-0.2, -0.15) is 0 Å². The first kappa shape index (κ1) is 32.8. The highest BCUT2D eigenvalue weighted by Gasteiger charge is 2.31. The number of ether oxygens (including phenoxy) is 3. The third-order valence-electron chi connectivity index (χ3n) is 5.57. The lowest BCUT2D eigenvalue weighted by Crippen LogP contribution is -2.48. The smallest absolute Gasteiger partial charge is 0.343 e. The standard InChI is InChI=1S/C30H35N3O7S/c1-5-16-33(25(30(37)39-7-3)18-41-19-26(34)38-6-2)28(35)20(4)17-21-8-10-23(11-9-21)29(36)40-24-14-12-22(13-15-24)27(31)32/h5,8-15,17,25H,1,6-7,16,18-19H2,2-4H3,(H3,31,32)/b20-17+/t25-/m0/s1. The number of hydrogen-bond acceptors (Lipinski definition) is 9. The molecule has 2 aromatic rings. The van der Waals surface area contributed by atoms with Crippen LogP contribution in [0.25, 0.3) is 6.08 Å². The van der Waals surface area contributed by atoms with Crippen LogP contribution in [0.4, 0.5) is 0 Å². The fraction of sp³-hybridized carbons (Fsp3) is 0.300. The minimum atomic E-state index is -0.940. The van der Waals surface area contributed by atoms with Crippen molar-refractivity contribution in [2.75, 3.05) is 31.3 Å². The number of thioether (sulfide) groups is 1. The van der Waals surface area contributed by atoms with Crippen LogP contribution in [0.1, 0.15) is 42.3 Å². The predicted octanol–water partition coefficient (Wildman–Crippen LogP) is 3.84. The maximum atomic E-state index is 13.4. The summed E-state index contributed by atoms with van der Waals surface area (Å²) in [6, 6.07) is 11.8. The number of amidine groups is 1. The number of rotatable bonds is 15. The van der Waals surface area contributed by atoms with Crippen LogP contribution < -0.4 is 10.5 Å². The first-order valence-corrected chi connectivity index (χ1v) is 14.0. The van der Waals surface area contributed by atoms with E-state index < -0.39 is 29.9 Å². The zero-order valence-corrected chi connectivity index (χ0v) is 24.2. The van der Waals surface area contributed by atoms with Gasteiger partial charge in [-0.15, -0.1) is 18.3 Å². The molecule has 2 aromatic carbocycles. The number of nitrogens with one attached hydrogen (secondary N) is 1. The second kappa shape index (κ2) is 16.7. The number of nitrogens with zero attached hydrogens (tertiary/aromatic N) is 1. The number of amides is 1. The van der Waals surface area contributed by atoms with Gasteiger partial charge < -0.3 is 24.8 Å². The summed E-state index contributed by atoms with van der Waals surface area (Å²) in [5.41, 5.74) is 7.26. The van der Waals surface area contributed by atoms with E-state index in [1.165, 1.54) is 22.7 Å². The Hall–Kier alpha value is -4.38. The van der Waals surface area contributed by atoms with E-state index in [1.54, 1.807) is 75.4 Å². The monoisotopic (exact) mass is 581 g/mol. The average Bonchev–Trinajstić information content (AvgIpc) is 2.95. The van der Waals surface area contributed by atoms with Crippen LogP contribution >= 0.6 is 11.8 Å². The quantitative estimate of drug-likeness (QED) is 0.0799. The van der Waals surface area contributed by atoms with E-state index in [0.717, 1.165) is 0 Å². The van der Waals surface area contributed by atoms with Gasteiger partial charge in [-0.05, 0) is 68.8 Å². The third kappa shape index (κ3) is 10.3. The van der Waals surface area contributed by atoms with Gasteiger partial charge in [0.1, 0.15) is 17.6 Å². The van der Waals surface area contributed by atoms with Crippen LogP contribution in [0.5, 0.6) is 5.75 Å². The second-order valence-corrected chi connectivity index (χ2v) is 9.64. The molecule has 1 atom stereocenters. The van der Waals surface area contributed by atoms with Crippen molar-refractivity contribution < 1.29 is 33.4 Å². The molecule has 0 bridgehead atoms. The molecule has 0 fully saturated rings. The molecule has 0 heterocycles. The number of nitrogen functional groups attached to an aromatic ring is 1. The molecule has 218 valence electrons. The first-order valence-electron chi connectivity index (χ1n) is 12.9. The maximum absolute atomic E-state index is 13.4. The van der Waals surface area contributed by atoms with E-state index in [0.29, 0.717) is 28.0 Å². The van der Waals surface area contributed by atoms with E-state index >= 15 is 0 Å². The van der Waals surface area contributed by atoms with Gasteiger partial charge in [0, 0.05) is 23.4 Å². The molecule has 0 radical (unpaired) electrons. The van der Waals surface area contributed by atoms with Crippen LogP contribution in [0.3, 0.4) is 0 Å². The third-order valence-corrected chi connectivity index (χ3v) is 6.56. The molecule has 0 saturated heterocycles. The predicted molar refractivity (Wildman–Crippen MR) is 159 cm³/mol. The molecule has 2 rings (SSSR count). The number of esters is 3. The Bertz CT molecular complexity index is 1270. The van der Waals surface area contributed by atoms with Crippen LogP contribution in [0.2, 0.25) is 0 Å². The van der Waals surface area contributed by atoms with Crippen LogP contribution in [-0.4, -0.2) is 71.9 Å². The highest BCUT2D eigenvalue weighted by molar-refractivity contribution is 8.00. The van der Waals surface area contributed by atoms with Crippen LogP contribution in [-0.2, 0) is 23.9 Å². The van der Waals surface area contributed by atoms with Crippen molar-refractivity contribution >= 4 is 47.5 Å². The van der Waals surface area contributed by atoms with Crippen molar-refractivity contribution in [2.45, 2.75) is 26.8 Å². The summed E-state index contributed by atoms with van der Waals surface area (Å²) in [6.45, 7) is 9.20. The molecule has 0 aliphatic heterocycles. The van der Waals surface area contributed by atoms with Crippen LogP contribution in [0, 0.1) is 5.41 Å². The molecule has 0 aromatic heterocycles. The zero-order valence-electron chi connectivity index (χ0n) is 23.4. The van der Waals surface area contributed by atoms with Gasteiger partial charge in [-0.3, -0.25) is 15.0 Å². The van der Waals surface area contributed by atoms with Gasteiger partial charge in [-0.1, -0.05) is 18.2 Å². The Morgan fingerprint density at radius 1 is 1.00 bits per heavy atom. The lowest BCUT2D eigenvalue weighted by atomic mass is 10.1. The second-order valence-electron chi connectivity index (χ2n) is 8.61. The zero-order chi connectivity index (χ0) is 30.4. The Kier molecular flexibility index (Phi) is 13.3. The highest BCUT2D eigenvalue weighted by Crippen LogP contribution is 2.18. The minimum Gasteiger partial charge on any atom is -0.465 e. The molecular formula is C30H35N3O7S. The fourth-order valence-corrected chi connectivity index (χ4v) is 4.50. The van der Waals surface area contributed by atoms with Gasteiger partial charge >= 0.3 is 17.9 Å². The summed E-state index contributed by atoms with van der Waals surface area (Å²) < 4.78 is 15.5. The van der Waals surface area contributed by atoms with Gasteiger partial charge in [0.25, 0.3) is 5.91 Å². The summed E-state index contributed by atoms with van der Waals surface area (Å²) in [5, 5.41) is 7.43. The van der Waals surface area contributed by atoms with Crippen molar-refractivity contribution in [3.8, 4) is 5.75 Å². The molecule has 0 saturated carbocycles. The average molecular weight is 582 g/mol. The molecule has 0 unspecified atom stereocenters. The number of hydrogen-bond donors (Lipinski definition) is 2. The van der Waals surface area contributed by atoms with Gasteiger partial charge in [0.15, 0.2) is 0 Å².